The molecule has 0 radical (unpaired) electrons. The zero-order chi connectivity index (χ0) is 15.6. The van der Waals surface area contributed by atoms with Crippen LogP contribution in [0, 0.1) is 5.82 Å². The summed E-state index contributed by atoms with van der Waals surface area (Å²) < 4.78 is 42.6. The van der Waals surface area contributed by atoms with Crippen LogP contribution in [-0.2, 0) is 9.84 Å². The normalized spacial score (nSPS) is 24.6. The maximum Gasteiger partial charge on any atom is 0.150 e. The second kappa shape index (κ2) is 6.32. The molecule has 1 aromatic carbocycles. The molecule has 1 aliphatic carbocycles. The number of nitrogens with two attached hydrogens (primary N) is 1. The van der Waals surface area contributed by atoms with Crippen LogP contribution in [0.25, 0.3) is 0 Å². The Kier molecular flexibility index (Phi) is 4.88. The van der Waals surface area contributed by atoms with E-state index in [1.807, 2.05) is 0 Å². The van der Waals surface area contributed by atoms with Crippen molar-refractivity contribution in [2.24, 2.45) is 5.73 Å². The molecule has 4 nitrogen and oxygen atoms in total. The predicted octanol–water partition coefficient (Wildman–Crippen LogP) is 2.58. The molecule has 2 rings (SSSR count). The van der Waals surface area contributed by atoms with Crippen LogP contribution in [-0.4, -0.2) is 26.0 Å². The number of benzene rings is 1. The molecule has 0 heterocycles. The van der Waals surface area contributed by atoms with Crippen molar-refractivity contribution in [1.82, 2.24) is 0 Å². The molecule has 0 aliphatic heterocycles. The van der Waals surface area contributed by atoms with Gasteiger partial charge in [-0.3, -0.25) is 0 Å². The Morgan fingerprint density at radius 1 is 1.38 bits per heavy atom. The average Bonchev–Trinajstić information content (AvgIpc) is 2.40. The van der Waals surface area contributed by atoms with Crippen molar-refractivity contribution in [3.8, 4) is 5.75 Å². The van der Waals surface area contributed by atoms with E-state index in [9.17, 15) is 12.8 Å². The van der Waals surface area contributed by atoms with Crippen molar-refractivity contribution < 1.29 is 17.5 Å². The number of rotatable bonds is 4. The average molecular weight is 315 g/mol. The summed E-state index contributed by atoms with van der Waals surface area (Å²) in [5.74, 6) is 0.192. The monoisotopic (exact) mass is 315 g/mol. The molecule has 2 N–H and O–H groups in total. The molecule has 0 bridgehead atoms. The van der Waals surface area contributed by atoms with Gasteiger partial charge >= 0.3 is 0 Å². The summed E-state index contributed by atoms with van der Waals surface area (Å²) in [5, 5.41) is -0.351. The molecule has 3 unspecified atom stereocenters. The molecule has 3 atom stereocenters. The lowest BCUT2D eigenvalue weighted by Gasteiger charge is -2.29. The third-order valence-electron chi connectivity index (χ3n) is 3.94. The van der Waals surface area contributed by atoms with Crippen LogP contribution >= 0.6 is 0 Å². The minimum Gasteiger partial charge on any atom is -0.490 e. The van der Waals surface area contributed by atoms with Gasteiger partial charge in [-0.1, -0.05) is 0 Å². The Hall–Kier alpha value is -1.14. The van der Waals surface area contributed by atoms with Gasteiger partial charge in [0.1, 0.15) is 21.4 Å². The van der Waals surface area contributed by atoms with Crippen molar-refractivity contribution in [2.75, 3.05) is 6.26 Å². The number of hydrogen-bond acceptors (Lipinski definition) is 4. The minimum atomic E-state index is -3.05. The van der Waals surface area contributed by atoms with Crippen LogP contribution in [0.15, 0.2) is 18.2 Å². The quantitative estimate of drug-likeness (QED) is 0.927. The minimum absolute atomic E-state index is 0.165. The fourth-order valence-corrected chi connectivity index (χ4v) is 3.92. The summed E-state index contributed by atoms with van der Waals surface area (Å²) in [7, 11) is -3.05. The van der Waals surface area contributed by atoms with Gasteiger partial charge in [-0.25, -0.2) is 12.8 Å². The lowest BCUT2D eigenvalue weighted by atomic mass is 9.97. The van der Waals surface area contributed by atoms with Crippen molar-refractivity contribution in [2.45, 2.75) is 50.0 Å². The maximum absolute atomic E-state index is 13.3. The van der Waals surface area contributed by atoms with Crippen LogP contribution in [0.4, 0.5) is 4.39 Å². The Morgan fingerprint density at radius 3 is 2.71 bits per heavy atom. The maximum atomic E-state index is 13.3. The van der Waals surface area contributed by atoms with E-state index in [-0.39, 0.29) is 23.2 Å². The Bertz CT molecular complexity index is 601. The van der Waals surface area contributed by atoms with E-state index in [4.69, 9.17) is 10.5 Å². The molecule has 0 amide bonds. The molecule has 0 spiro atoms. The highest BCUT2D eigenvalue weighted by Gasteiger charge is 2.30. The molecular weight excluding hydrogens is 293 g/mol. The van der Waals surface area contributed by atoms with Gasteiger partial charge in [-0.15, -0.1) is 0 Å². The van der Waals surface area contributed by atoms with Gasteiger partial charge in [0, 0.05) is 24.3 Å². The highest BCUT2D eigenvalue weighted by molar-refractivity contribution is 7.91. The van der Waals surface area contributed by atoms with E-state index in [0.29, 0.717) is 24.2 Å². The highest BCUT2D eigenvalue weighted by Crippen LogP contribution is 2.31. The lowest BCUT2D eigenvalue weighted by Crippen LogP contribution is -2.33. The number of halogens is 1. The molecule has 118 valence electrons. The van der Waals surface area contributed by atoms with E-state index in [1.165, 1.54) is 18.4 Å². The first-order valence-corrected chi connectivity index (χ1v) is 9.13. The third-order valence-corrected chi connectivity index (χ3v) is 5.58. The zero-order valence-corrected chi connectivity index (χ0v) is 13.2. The predicted molar refractivity (Wildman–Crippen MR) is 80.5 cm³/mol. The van der Waals surface area contributed by atoms with E-state index >= 15 is 0 Å². The van der Waals surface area contributed by atoms with Crippen molar-refractivity contribution in [3.05, 3.63) is 29.6 Å². The van der Waals surface area contributed by atoms with Crippen LogP contribution < -0.4 is 10.5 Å². The summed E-state index contributed by atoms with van der Waals surface area (Å²) in [4.78, 5) is 0. The van der Waals surface area contributed by atoms with Gasteiger partial charge in [0.05, 0.1) is 11.4 Å². The van der Waals surface area contributed by atoms with E-state index < -0.39 is 9.84 Å². The summed E-state index contributed by atoms with van der Waals surface area (Å²) in [6.45, 7) is 1.77. The van der Waals surface area contributed by atoms with Gasteiger partial charge in [-0.2, -0.15) is 0 Å². The second-order valence-electron chi connectivity index (χ2n) is 5.83. The summed E-state index contributed by atoms with van der Waals surface area (Å²) in [6.07, 6.45) is 3.89. The van der Waals surface area contributed by atoms with Gasteiger partial charge in [0.2, 0.25) is 0 Å². The van der Waals surface area contributed by atoms with Crippen molar-refractivity contribution in [1.29, 1.82) is 0 Å². The first kappa shape index (κ1) is 16.2. The number of hydrogen-bond donors (Lipinski definition) is 1. The first-order chi connectivity index (χ1) is 9.77. The summed E-state index contributed by atoms with van der Waals surface area (Å²) in [6, 6.07) is 3.93. The Morgan fingerprint density at radius 2 is 2.10 bits per heavy atom. The summed E-state index contributed by atoms with van der Waals surface area (Å²) >= 11 is 0. The molecule has 21 heavy (non-hydrogen) atoms. The van der Waals surface area contributed by atoms with Crippen LogP contribution in [0.1, 0.15) is 44.2 Å². The SMILES string of the molecule is CC(N)c1cc(F)ccc1OC1CCCC(S(C)(=O)=O)C1. The van der Waals surface area contributed by atoms with Gasteiger partial charge in [0.15, 0.2) is 0 Å². The largest absolute Gasteiger partial charge is 0.490 e. The molecule has 1 fully saturated rings. The Balaban J connectivity index is 2.15. The van der Waals surface area contributed by atoms with Crippen LogP contribution in [0.3, 0.4) is 0 Å². The van der Waals surface area contributed by atoms with Crippen LogP contribution in [0.2, 0.25) is 0 Å². The van der Waals surface area contributed by atoms with Gasteiger partial charge < -0.3 is 10.5 Å². The van der Waals surface area contributed by atoms with Crippen LogP contribution in [0.5, 0.6) is 5.75 Å². The molecule has 0 aromatic heterocycles. The smallest absolute Gasteiger partial charge is 0.150 e. The molecule has 0 saturated heterocycles. The first-order valence-electron chi connectivity index (χ1n) is 7.18. The number of ether oxygens (including phenoxy) is 1. The number of sulfone groups is 1. The zero-order valence-electron chi connectivity index (χ0n) is 12.4. The van der Waals surface area contributed by atoms with Gasteiger partial charge in [-0.05, 0) is 44.4 Å². The fraction of sp³-hybridized carbons (Fsp3) is 0.600. The molecule has 1 saturated carbocycles. The second-order valence-corrected chi connectivity index (χ2v) is 8.15. The lowest BCUT2D eigenvalue weighted by molar-refractivity contribution is 0.154. The topological polar surface area (TPSA) is 69.4 Å². The summed E-state index contributed by atoms with van der Waals surface area (Å²) in [5.41, 5.74) is 6.45. The standard InChI is InChI=1S/C15H22FNO3S/c1-10(17)14-8-11(16)6-7-15(14)20-12-4-3-5-13(9-12)21(2,18)19/h6-8,10,12-13H,3-5,9,17H2,1-2H3. The molecular formula is C15H22FNO3S. The van der Waals surface area contributed by atoms with E-state index in [2.05, 4.69) is 0 Å². The van der Waals surface area contributed by atoms with E-state index in [1.54, 1.807) is 13.0 Å². The Labute approximate surface area is 125 Å². The van der Waals surface area contributed by atoms with Crippen molar-refractivity contribution >= 4 is 9.84 Å². The highest BCUT2D eigenvalue weighted by atomic mass is 32.2. The molecule has 6 heteroatoms. The van der Waals surface area contributed by atoms with E-state index in [0.717, 1.165) is 12.8 Å². The molecule has 1 aromatic rings. The fourth-order valence-electron chi connectivity index (χ4n) is 2.76. The van der Waals surface area contributed by atoms with Gasteiger partial charge in [0.25, 0.3) is 0 Å². The van der Waals surface area contributed by atoms with Crippen molar-refractivity contribution in [3.63, 3.8) is 0 Å². The molecule has 1 aliphatic rings. The third kappa shape index (κ3) is 4.17.